The van der Waals surface area contributed by atoms with Gasteiger partial charge in [0.05, 0.1) is 29.1 Å². The second-order valence-electron chi connectivity index (χ2n) is 9.47. The van der Waals surface area contributed by atoms with Crippen molar-refractivity contribution in [1.29, 1.82) is 5.26 Å². The Bertz CT molecular complexity index is 1530. The quantitative estimate of drug-likeness (QED) is 0.419. The molecule has 11 heteroatoms. The first-order valence-electron chi connectivity index (χ1n) is 12.4. The van der Waals surface area contributed by atoms with E-state index < -0.39 is 6.67 Å². The average Bonchev–Trinajstić information content (AvgIpc) is 3.35. The summed E-state index contributed by atoms with van der Waals surface area (Å²) in [5.41, 5.74) is 4.26. The average molecular weight is 514 g/mol. The smallest absolute Gasteiger partial charge is 0.270 e. The van der Waals surface area contributed by atoms with Gasteiger partial charge in [0.25, 0.3) is 5.91 Å². The largest absolute Gasteiger partial charge is 0.348 e. The highest BCUT2D eigenvalue weighted by atomic mass is 19.1. The zero-order chi connectivity index (χ0) is 26.8. The molecule has 0 spiro atoms. The molecule has 10 nitrogen and oxygen atoms in total. The van der Waals surface area contributed by atoms with Gasteiger partial charge in [0.1, 0.15) is 24.0 Å². The van der Waals surface area contributed by atoms with E-state index >= 15 is 0 Å². The van der Waals surface area contributed by atoms with Crippen molar-refractivity contribution in [2.75, 3.05) is 38.3 Å². The molecule has 1 amide bonds. The number of halogens is 1. The number of nitriles is 1. The maximum Gasteiger partial charge on any atom is 0.270 e. The molecule has 1 aromatic carbocycles. The van der Waals surface area contributed by atoms with Crippen LogP contribution < -0.4 is 10.2 Å². The van der Waals surface area contributed by atoms with E-state index in [4.69, 9.17) is 10.4 Å². The normalized spacial score (nSPS) is 16.0. The van der Waals surface area contributed by atoms with Crippen molar-refractivity contribution in [1.82, 2.24) is 34.8 Å². The summed E-state index contributed by atoms with van der Waals surface area (Å²) in [4.78, 5) is 30.6. The number of aryl methyl sites for hydroxylation is 2. The number of nitrogens with one attached hydrogen (secondary N) is 1. The summed E-state index contributed by atoms with van der Waals surface area (Å²) in [6.07, 6.45) is 1.73. The second kappa shape index (κ2) is 10.5. The second-order valence-corrected chi connectivity index (χ2v) is 9.47. The molecule has 5 rings (SSSR count). The fourth-order valence-electron chi connectivity index (χ4n) is 4.66. The van der Waals surface area contributed by atoms with Gasteiger partial charge in [-0.15, -0.1) is 0 Å². The van der Waals surface area contributed by atoms with E-state index in [0.717, 1.165) is 23.4 Å². The number of fused-ring (bicyclic) bond motifs is 1. The van der Waals surface area contributed by atoms with Crippen molar-refractivity contribution in [3.63, 3.8) is 0 Å². The van der Waals surface area contributed by atoms with Crippen molar-refractivity contribution >= 4 is 17.4 Å². The maximum absolute atomic E-state index is 14.1. The summed E-state index contributed by atoms with van der Waals surface area (Å²) in [5.74, 6) is 0.908. The number of benzene rings is 1. The molecule has 1 N–H and O–H groups in total. The lowest BCUT2D eigenvalue weighted by Gasteiger charge is -2.40. The minimum atomic E-state index is -0.534. The van der Waals surface area contributed by atoms with Crippen LogP contribution in [0.4, 0.5) is 10.2 Å². The Morgan fingerprint density at radius 1 is 1.18 bits per heavy atom. The molecule has 1 atom stereocenters. The monoisotopic (exact) mass is 513 g/mol. The number of carbonyl (C=O) groups excluding carboxylic acids is 1. The molecule has 0 unspecified atom stereocenters. The van der Waals surface area contributed by atoms with E-state index in [1.54, 1.807) is 47.1 Å². The highest BCUT2D eigenvalue weighted by molar-refractivity contribution is 5.93. The van der Waals surface area contributed by atoms with Gasteiger partial charge >= 0.3 is 0 Å². The van der Waals surface area contributed by atoms with Crippen molar-refractivity contribution in [2.45, 2.75) is 26.4 Å². The van der Waals surface area contributed by atoms with Gasteiger partial charge in [-0.1, -0.05) is 12.1 Å². The molecule has 0 bridgehead atoms. The van der Waals surface area contributed by atoms with Crippen LogP contribution in [0.15, 0.2) is 42.6 Å². The number of nitrogens with zero attached hydrogens (tertiary/aromatic N) is 8. The van der Waals surface area contributed by atoms with Crippen LogP contribution in [0, 0.1) is 25.2 Å². The third-order valence-electron chi connectivity index (χ3n) is 6.71. The number of alkyl halides is 1. The van der Waals surface area contributed by atoms with Crippen LogP contribution in [0.1, 0.15) is 33.1 Å². The predicted molar refractivity (Wildman–Crippen MR) is 140 cm³/mol. The third kappa shape index (κ3) is 5.03. The van der Waals surface area contributed by atoms with E-state index in [2.05, 4.69) is 31.2 Å². The summed E-state index contributed by atoms with van der Waals surface area (Å²) in [7, 11) is 1.97. The van der Waals surface area contributed by atoms with E-state index in [1.165, 1.54) is 0 Å². The standard InChI is InChI=1S/C27H28FN9O/c1-17-22(15-30-18(2)32-17)23-10-25-33-24(27(38)31-14-20-6-4-19(13-29)5-7-20)11-26(37(25)34-23)36-9-8-35(3)16-21(36)12-28/h4-7,10-11,15,21H,8-9,12,14,16H2,1-3H3,(H,31,38)/t21-/m1/s1. The summed E-state index contributed by atoms with van der Waals surface area (Å²) < 4.78 is 15.8. The number of rotatable bonds is 6. The number of hydrogen-bond acceptors (Lipinski definition) is 8. The van der Waals surface area contributed by atoms with E-state index in [0.29, 0.717) is 41.6 Å². The first kappa shape index (κ1) is 25.2. The molecule has 4 aromatic rings. The van der Waals surface area contributed by atoms with Gasteiger partial charge in [-0.05, 0) is 38.6 Å². The first-order chi connectivity index (χ1) is 18.4. The highest BCUT2D eigenvalue weighted by Crippen LogP contribution is 2.27. The molecule has 1 fully saturated rings. The predicted octanol–water partition coefficient (Wildman–Crippen LogP) is 2.69. The first-order valence-corrected chi connectivity index (χ1v) is 12.4. The number of anilines is 1. The van der Waals surface area contributed by atoms with E-state index in [-0.39, 0.29) is 24.2 Å². The maximum atomic E-state index is 14.1. The molecule has 3 aromatic heterocycles. The van der Waals surface area contributed by atoms with Gasteiger partial charge < -0.3 is 15.1 Å². The topological polar surface area (TPSA) is 115 Å². The fourth-order valence-corrected chi connectivity index (χ4v) is 4.66. The lowest BCUT2D eigenvalue weighted by atomic mass is 10.1. The summed E-state index contributed by atoms with van der Waals surface area (Å²) in [6.45, 7) is 5.35. The number of carbonyl (C=O) groups is 1. The Kier molecular flexibility index (Phi) is 6.98. The van der Waals surface area contributed by atoms with Gasteiger partial charge in [0.15, 0.2) is 5.65 Å². The zero-order valence-corrected chi connectivity index (χ0v) is 21.5. The number of piperazine rings is 1. The zero-order valence-electron chi connectivity index (χ0n) is 21.5. The van der Waals surface area contributed by atoms with E-state index in [1.807, 2.05) is 25.8 Å². The van der Waals surface area contributed by atoms with Crippen LogP contribution in [0.25, 0.3) is 16.9 Å². The Balaban J connectivity index is 1.53. The summed E-state index contributed by atoms with van der Waals surface area (Å²) in [5, 5.41) is 16.7. The van der Waals surface area contributed by atoms with Crippen LogP contribution in [0.2, 0.25) is 0 Å². The molecule has 1 saturated heterocycles. The molecule has 194 valence electrons. The number of aromatic nitrogens is 5. The molecule has 1 aliphatic heterocycles. The molecule has 0 saturated carbocycles. The van der Waals surface area contributed by atoms with Crippen LogP contribution in [0.3, 0.4) is 0 Å². The summed E-state index contributed by atoms with van der Waals surface area (Å²) in [6, 6.07) is 12.2. The highest BCUT2D eigenvalue weighted by Gasteiger charge is 2.29. The van der Waals surface area contributed by atoms with Crippen LogP contribution in [0.5, 0.6) is 0 Å². The lowest BCUT2D eigenvalue weighted by Crippen LogP contribution is -2.53. The molecular weight excluding hydrogens is 485 g/mol. The van der Waals surface area contributed by atoms with Gasteiger partial charge in [0, 0.05) is 50.1 Å². The minimum Gasteiger partial charge on any atom is -0.348 e. The molecule has 4 heterocycles. The third-order valence-corrected chi connectivity index (χ3v) is 6.71. The lowest BCUT2D eigenvalue weighted by molar-refractivity contribution is 0.0946. The van der Waals surface area contributed by atoms with Gasteiger partial charge in [-0.25, -0.2) is 19.3 Å². The molecule has 0 radical (unpaired) electrons. The Morgan fingerprint density at radius 2 is 1.97 bits per heavy atom. The minimum absolute atomic E-state index is 0.209. The van der Waals surface area contributed by atoms with E-state index in [9.17, 15) is 9.18 Å². The molecule has 1 aliphatic rings. The number of likely N-dealkylation sites (N-methyl/N-ethyl adjacent to an activating group) is 1. The van der Waals surface area contributed by atoms with Gasteiger partial charge in [0.2, 0.25) is 0 Å². The Labute approximate surface area is 219 Å². The Morgan fingerprint density at radius 3 is 2.68 bits per heavy atom. The summed E-state index contributed by atoms with van der Waals surface area (Å²) >= 11 is 0. The van der Waals surface area contributed by atoms with Crippen LogP contribution in [-0.2, 0) is 6.54 Å². The van der Waals surface area contributed by atoms with Crippen molar-refractivity contribution in [2.24, 2.45) is 0 Å². The van der Waals surface area contributed by atoms with Gasteiger partial charge in [-0.2, -0.15) is 14.9 Å². The SMILES string of the molecule is Cc1ncc(-c2cc3nc(C(=O)NCc4ccc(C#N)cc4)cc(N4CCN(C)C[C@H]4CF)n3n2)c(C)n1. The van der Waals surface area contributed by atoms with Gasteiger partial charge in [-0.3, -0.25) is 4.79 Å². The number of amides is 1. The van der Waals surface area contributed by atoms with Crippen LogP contribution in [-0.4, -0.2) is 74.8 Å². The molecule has 0 aliphatic carbocycles. The van der Waals surface area contributed by atoms with Crippen molar-refractivity contribution in [3.05, 3.63) is 70.9 Å². The van der Waals surface area contributed by atoms with Crippen molar-refractivity contribution in [3.8, 4) is 17.3 Å². The fraction of sp³-hybridized carbons (Fsp3) is 0.333. The molecule has 38 heavy (non-hydrogen) atoms. The number of hydrogen-bond donors (Lipinski definition) is 1. The van der Waals surface area contributed by atoms with Crippen molar-refractivity contribution < 1.29 is 9.18 Å². The van der Waals surface area contributed by atoms with Crippen LogP contribution >= 0.6 is 0 Å². The molecular formula is C27H28FN9O. The Hall–Kier alpha value is -4.43.